The summed E-state index contributed by atoms with van der Waals surface area (Å²) in [5, 5.41) is 9.23. The fourth-order valence-electron chi connectivity index (χ4n) is 1.07. The predicted molar refractivity (Wildman–Crippen MR) is 55.6 cm³/mol. The summed E-state index contributed by atoms with van der Waals surface area (Å²) in [5.74, 6) is 5.25. The van der Waals surface area contributed by atoms with Gasteiger partial charge < -0.3 is 9.84 Å². The highest BCUT2D eigenvalue weighted by Crippen LogP contribution is 2.00. The Hall–Kier alpha value is -1.30. The summed E-state index contributed by atoms with van der Waals surface area (Å²) in [6.07, 6.45) is -0.677. The molecular weight excluding hydrogens is 176 g/mol. The molecule has 0 aromatic heterocycles. The minimum Gasteiger partial charge on any atom is -0.378 e. The zero-order chi connectivity index (χ0) is 10.2. The third-order valence-corrected chi connectivity index (χ3v) is 1.70. The minimum atomic E-state index is -0.677. The van der Waals surface area contributed by atoms with E-state index in [1.165, 1.54) is 0 Å². The van der Waals surface area contributed by atoms with Gasteiger partial charge in [0.1, 0.15) is 6.10 Å². The highest BCUT2D eigenvalue weighted by molar-refractivity contribution is 5.13. The molecule has 0 radical (unpaired) electrons. The molecule has 0 saturated carbocycles. The summed E-state index contributed by atoms with van der Waals surface area (Å²) in [5.41, 5.74) is 1.10. The minimum absolute atomic E-state index is 0.260. The lowest BCUT2D eigenvalue weighted by Crippen LogP contribution is -2.12. The molecule has 1 N–H and O–H groups in total. The van der Waals surface area contributed by atoms with Gasteiger partial charge in [-0.15, -0.1) is 5.92 Å². The van der Waals surface area contributed by atoms with Crippen LogP contribution in [0.3, 0.4) is 0 Å². The van der Waals surface area contributed by atoms with Gasteiger partial charge in [-0.05, 0) is 12.5 Å². The molecular formula is C12H14O2. The van der Waals surface area contributed by atoms with E-state index in [0.717, 1.165) is 5.56 Å². The zero-order valence-electron chi connectivity index (χ0n) is 8.23. The molecule has 1 aromatic rings. The predicted octanol–water partition coefficient (Wildman–Crippen LogP) is 1.59. The molecule has 0 amide bonds. The molecule has 0 unspecified atom stereocenters. The SMILES string of the molecule is CC#C[C@H](O)COCc1ccccc1. The second-order valence-electron chi connectivity index (χ2n) is 2.91. The molecule has 0 bridgehead atoms. The molecule has 0 fully saturated rings. The van der Waals surface area contributed by atoms with Crippen LogP contribution in [0.2, 0.25) is 0 Å². The van der Waals surface area contributed by atoms with Crippen LogP contribution in [0, 0.1) is 11.8 Å². The molecule has 0 aliphatic carbocycles. The Labute approximate surface area is 84.5 Å². The second-order valence-corrected chi connectivity index (χ2v) is 2.91. The Bertz CT molecular complexity index is 308. The fraction of sp³-hybridized carbons (Fsp3) is 0.333. The smallest absolute Gasteiger partial charge is 0.137 e. The van der Waals surface area contributed by atoms with E-state index in [2.05, 4.69) is 11.8 Å². The van der Waals surface area contributed by atoms with Crippen LogP contribution in [0.4, 0.5) is 0 Å². The Balaban J connectivity index is 2.24. The van der Waals surface area contributed by atoms with Crippen LogP contribution >= 0.6 is 0 Å². The molecule has 2 nitrogen and oxygen atoms in total. The van der Waals surface area contributed by atoms with E-state index >= 15 is 0 Å². The molecule has 0 heterocycles. The van der Waals surface area contributed by atoms with Crippen LogP contribution in [-0.4, -0.2) is 17.8 Å². The van der Waals surface area contributed by atoms with Crippen molar-refractivity contribution in [1.29, 1.82) is 0 Å². The van der Waals surface area contributed by atoms with E-state index in [1.54, 1.807) is 6.92 Å². The standard InChI is InChI=1S/C12H14O2/c1-2-6-12(13)10-14-9-11-7-4-3-5-8-11/h3-5,7-8,12-13H,9-10H2,1H3/t12-/m0/s1. The maximum absolute atomic E-state index is 9.23. The lowest BCUT2D eigenvalue weighted by Gasteiger charge is -2.05. The summed E-state index contributed by atoms with van der Waals surface area (Å²) < 4.78 is 5.28. The van der Waals surface area contributed by atoms with Crippen molar-refractivity contribution >= 4 is 0 Å². The average molecular weight is 190 g/mol. The van der Waals surface area contributed by atoms with Crippen molar-refractivity contribution in [2.24, 2.45) is 0 Å². The lowest BCUT2D eigenvalue weighted by molar-refractivity contribution is 0.0543. The second kappa shape index (κ2) is 6.20. The van der Waals surface area contributed by atoms with Crippen LogP contribution in [0.15, 0.2) is 30.3 Å². The zero-order valence-corrected chi connectivity index (χ0v) is 8.23. The van der Waals surface area contributed by atoms with Gasteiger partial charge in [0.2, 0.25) is 0 Å². The number of aliphatic hydroxyl groups excluding tert-OH is 1. The lowest BCUT2D eigenvalue weighted by atomic mass is 10.2. The molecule has 1 rings (SSSR count). The molecule has 74 valence electrons. The molecule has 0 aliphatic heterocycles. The summed E-state index contributed by atoms with van der Waals surface area (Å²) in [6.45, 7) is 2.47. The van der Waals surface area contributed by atoms with Crippen molar-refractivity contribution in [3.05, 3.63) is 35.9 Å². The first kappa shape index (κ1) is 10.8. The Morgan fingerprint density at radius 2 is 2.07 bits per heavy atom. The summed E-state index contributed by atoms with van der Waals surface area (Å²) in [4.78, 5) is 0. The van der Waals surface area contributed by atoms with Crippen LogP contribution in [0.5, 0.6) is 0 Å². The first-order chi connectivity index (χ1) is 6.83. The van der Waals surface area contributed by atoms with Gasteiger partial charge in [-0.25, -0.2) is 0 Å². The van der Waals surface area contributed by atoms with Gasteiger partial charge in [0.05, 0.1) is 13.2 Å². The van der Waals surface area contributed by atoms with E-state index in [0.29, 0.717) is 6.61 Å². The van der Waals surface area contributed by atoms with Gasteiger partial charge in [0.15, 0.2) is 0 Å². The molecule has 1 aromatic carbocycles. The number of ether oxygens (including phenoxy) is 1. The molecule has 0 saturated heterocycles. The third kappa shape index (κ3) is 4.08. The third-order valence-electron chi connectivity index (χ3n) is 1.70. The van der Waals surface area contributed by atoms with Crippen molar-refractivity contribution in [3.63, 3.8) is 0 Å². The highest BCUT2D eigenvalue weighted by atomic mass is 16.5. The van der Waals surface area contributed by atoms with Gasteiger partial charge in [-0.1, -0.05) is 36.3 Å². The topological polar surface area (TPSA) is 29.5 Å². The Morgan fingerprint density at radius 3 is 2.71 bits per heavy atom. The number of benzene rings is 1. The Morgan fingerprint density at radius 1 is 1.36 bits per heavy atom. The number of hydrogen-bond donors (Lipinski definition) is 1. The van der Waals surface area contributed by atoms with Crippen molar-refractivity contribution in [2.45, 2.75) is 19.6 Å². The van der Waals surface area contributed by atoms with Crippen molar-refractivity contribution in [3.8, 4) is 11.8 Å². The largest absolute Gasteiger partial charge is 0.378 e. The highest BCUT2D eigenvalue weighted by Gasteiger charge is 1.98. The van der Waals surface area contributed by atoms with Gasteiger partial charge in [-0.3, -0.25) is 0 Å². The van der Waals surface area contributed by atoms with E-state index in [1.807, 2.05) is 30.3 Å². The maximum Gasteiger partial charge on any atom is 0.137 e. The van der Waals surface area contributed by atoms with E-state index in [4.69, 9.17) is 4.74 Å². The Kier molecular flexibility index (Phi) is 4.77. The van der Waals surface area contributed by atoms with Crippen molar-refractivity contribution < 1.29 is 9.84 Å². The molecule has 0 aliphatic rings. The van der Waals surface area contributed by atoms with E-state index in [-0.39, 0.29) is 6.61 Å². The van der Waals surface area contributed by atoms with Gasteiger partial charge in [-0.2, -0.15) is 0 Å². The van der Waals surface area contributed by atoms with Crippen LogP contribution in [0.25, 0.3) is 0 Å². The normalized spacial score (nSPS) is 11.6. The summed E-state index contributed by atoms with van der Waals surface area (Å²) >= 11 is 0. The van der Waals surface area contributed by atoms with Crippen molar-refractivity contribution in [2.75, 3.05) is 6.61 Å². The maximum atomic E-state index is 9.23. The summed E-state index contributed by atoms with van der Waals surface area (Å²) in [6, 6.07) is 9.85. The van der Waals surface area contributed by atoms with Crippen LogP contribution < -0.4 is 0 Å². The molecule has 0 spiro atoms. The van der Waals surface area contributed by atoms with Gasteiger partial charge >= 0.3 is 0 Å². The van der Waals surface area contributed by atoms with Gasteiger partial charge in [0.25, 0.3) is 0 Å². The molecule has 2 heteroatoms. The van der Waals surface area contributed by atoms with Crippen LogP contribution in [-0.2, 0) is 11.3 Å². The molecule has 1 atom stereocenters. The number of rotatable bonds is 4. The summed E-state index contributed by atoms with van der Waals surface area (Å²) in [7, 11) is 0. The van der Waals surface area contributed by atoms with E-state index < -0.39 is 6.10 Å². The van der Waals surface area contributed by atoms with Gasteiger partial charge in [0, 0.05) is 0 Å². The van der Waals surface area contributed by atoms with Crippen molar-refractivity contribution in [1.82, 2.24) is 0 Å². The number of aliphatic hydroxyl groups is 1. The first-order valence-electron chi connectivity index (χ1n) is 4.55. The average Bonchev–Trinajstić information content (AvgIpc) is 2.20. The fourth-order valence-corrected chi connectivity index (χ4v) is 1.07. The monoisotopic (exact) mass is 190 g/mol. The number of hydrogen-bond acceptors (Lipinski definition) is 2. The molecule has 14 heavy (non-hydrogen) atoms. The quantitative estimate of drug-likeness (QED) is 0.730. The van der Waals surface area contributed by atoms with Crippen LogP contribution in [0.1, 0.15) is 12.5 Å². The van der Waals surface area contributed by atoms with E-state index in [9.17, 15) is 5.11 Å². The first-order valence-corrected chi connectivity index (χ1v) is 4.55.